The van der Waals surface area contributed by atoms with E-state index >= 15 is 0 Å². The number of nitrogens with one attached hydrogen (secondary N) is 1. The van der Waals surface area contributed by atoms with Crippen LogP contribution in [-0.4, -0.2) is 19.6 Å². The van der Waals surface area contributed by atoms with Crippen molar-refractivity contribution in [3.8, 4) is 11.1 Å². The Balaban J connectivity index is 2.18. The van der Waals surface area contributed by atoms with Gasteiger partial charge in [0, 0.05) is 22.7 Å². The summed E-state index contributed by atoms with van der Waals surface area (Å²) in [5, 5.41) is 5.61. The lowest BCUT2D eigenvalue weighted by molar-refractivity contribution is -0.127. The number of fused-ring (bicyclic) bond motifs is 1. The lowest BCUT2D eigenvalue weighted by atomic mass is 10.0. The maximum Gasteiger partial charge on any atom is 0.393 e. The Morgan fingerprint density at radius 3 is 2.44 bits per heavy atom. The van der Waals surface area contributed by atoms with Crippen LogP contribution in [-0.2, 0) is 16.4 Å². The number of aromatic amines is 1. The van der Waals surface area contributed by atoms with Crippen LogP contribution < -0.4 is 5.14 Å². The van der Waals surface area contributed by atoms with E-state index in [1.807, 2.05) is 0 Å². The van der Waals surface area contributed by atoms with Gasteiger partial charge in [0.2, 0.25) is 10.0 Å². The minimum Gasteiger partial charge on any atom is -0.360 e. The highest BCUT2D eigenvalue weighted by atomic mass is 32.2. The first-order chi connectivity index (χ1) is 11.5. The average Bonchev–Trinajstić information content (AvgIpc) is 2.87. The van der Waals surface area contributed by atoms with Crippen LogP contribution >= 0.6 is 0 Å². The number of alkyl halides is 3. The standard InChI is InChI=1S/C16H12F4N2O2S/c17-11-2-3-12-13(8-22-14(12)6-11)9-1-4-15(25(21,23)24)10(5-9)7-16(18,19)20/h1-6,8,22H,7H2,(H2,21,23,24). The van der Waals surface area contributed by atoms with Gasteiger partial charge in [-0.15, -0.1) is 0 Å². The van der Waals surface area contributed by atoms with Crippen molar-refractivity contribution in [3.05, 3.63) is 54.0 Å². The first-order valence-electron chi connectivity index (χ1n) is 7.04. The molecule has 25 heavy (non-hydrogen) atoms. The largest absolute Gasteiger partial charge is 0.393 e. The minimum atomic E-state index is -4.60. The van der Waals surface area contributed by atoms with Crippen molar-refractivity contribution in [2.75, 3.05) is 0 Å². The second kappa shape index (κ2) is 5.85. The number of aromatic nitrogens is 1. The topological polar surface area (TPSA) is 76.0 Å². The van der Waals surface area contributed by atoms with Crippen molar-refractivity contribution in [2.45, 2.75) is 17.5 Å². The number of hydrogen-bond donors (Lipinski definition) is 2. The summed E-state index contributed by atoms with van der Waals surface area (Å²) in [5.41, 5.74) is 0.927. The summed E-state index contributed by atoms with van der Waals surface area (Å²) in [6.07, 6.45) is -4.50. The highest BCUT2D eigenvalue weighted by molar-refractivity contribution is 7.89. The molecule has 0 saturated heterocycles. The third kappa shape index (κ3) is 3.67. The van der Waals surface area contributed by atoms with Gasteiger partial charge in [-0.05, 0) is 41.5 Å². The first-order valence-corrected chi connectivity index (χ1v) is 8.59. The molecule has 1 aromatic heterocycles. The zero-order chi connectivity index (χ0) is 18.4. The predicted octanol–water partition coefficient (Wildman–Crippen LogP) is 3.73. The Bertz CT molecular complexity index is 1060. The molecule has 0 unspecified atom stereocenters. The molecular formula is C16H12F4N2O2S. The van der Waals surface area contributed by atoms with Gasteiger partial charge in [0.05, 0.1) is 11.3 Å². The van der Waals surface area contributed by atoms with Crippen molar-refractivity contribution < 1.29 is 26.0 Å². The number of nitrogens with two attached hydrogens (primary N) is 1. The van der Waals surface area contributed by atoms with Crippen LogP contribution in [0.2, 0.25) is 0 Å². The van der Waals surface area contributed by atoms with Gasteiger partial charge in [-0.2, -0.15) is 13.2 Å². The Kier molecular flexibility index (Phi) is 4.08. The number of sulfonamides is 1. The van der Waals surface area contributed by atoms with Crippen LogP contribution in [0, 0.1) is 5.82 Å². The molecule has 0 amide bonds. The number of benzene rings is 2. The van der Waals surface area contributed by atoms with E-state index in [0.717, 1.165) is 12.1 Å². The summed E-state index contributed by atoms with van der Waals surface area (Å²) >= 11 is 0. The molecule has 0 radical (unpaired) electrons. The molecule has 2 aromatic carbocycles. The molecule has 1 heterocycles. The van der Waals surface area contributed by atoms with Crippen LogP contribution in [0.3, 0.4) is 0 Å². The minimum absolute atomic E-state index is 0.365. The van der Waals surface area contributed by atoms with Crippen molar-refractivity contribution in [1.82, 2.24) is 4.98 Å². The summed E-state index contributed by atoms with van der Waals surface area (Å²) in [6.45, 7) is 0. The monoisotopic (exact) mass is 372 g/mol. The van der Waals surface area contributed by atoms with E-state index in [0.29, 0.717) is 22.0 Å². The van der Waals surface area contributed by atoms with E-state index < -0.39 is 38.9 Å². The number of H-pyrrole nitrogens is 1. The molecule has 0 fully saturated rings. The SMILES string of the molecule is NS(=O)(=O)c1ccc(-c2c[nH]c3cc(F)ccc23)cc1CC(F)(F)F. The Morgan fingerprint density at radius 2 is 1.80 bits per heavy atom. The third-order valence-corrected chi connectivity index (χ3v) is 4.72. The van der Waals surface area contributed by atoms with Crippen LogP contribution in [0.25, 0.3) is 22.0 Å². The third-order valence-electron chi connectivity index (χ3n) is 3.71. The molecule has 0 aliphatic carbocycles. The maximum absolute atomic E-state index is 13.3. The van der Waals surface area contributed by atoms with Gasteiger partial charge in [-0.3, -0.25) is 0 Å². The highest BCUT2D eigenvalue weighted by Crippen LogP contribution is 2.33. The number of primary sulfonamides is 1. The van der Waals surface area contributed by atoms with E-state index in [1.54, 1.807) is 0 Å². The summed E-state index contributed by atoms with van der Waals surface area (Å²) in [7, 11) is -4.30. The number of hydrogen-bond acceptors (Lipinski definition) is 2. The summed E-state index contributed by atoms with van der Waals surface area (Å²) in [4.78, 5) is 2.26. The van der Waals surface area contributed by atoms with Gasteiger partial charge in [0.1, 0.15) is 5.82 Å². The fraction of sp³-hybridized carbons (Fsp3) is 0.125. The maximum atomic E-state index is 13.3. The lowest BCUT2D eigenvalue weighted by Gasteiger charge is -2.12. The molecule has 3 rings (SSSR count). The van der Waals surface area contributed by atoms with E-state index in [9.17, 15) is 26.0 Å². The number of halogens is 4. The molecular weight excluding hydrogens is 360 g/mol. The fourth-order valence-corrected chi connectivity index (χ4v) is 3.47. The van der Waals surface area contributed by atoms with E-state index in [4.69, 9.17) is 5.14 Å². The molecule has 9 heteroatoms. The highest BCUT2D eigenvalue weighted by Gasteiger charge is 2.31. The Labute approximate surface area is 140 Å². The molecule has 0 bridgehead atoms. The van der Waals surface area contributed by atoms with Crippen LogP contribution in [0.15, 0.2) is 47.5 Å². The average molecular weight is 372 g/mol. The van der Waals surface area contributed by atoms with E-state index in [-0.39, 0.29) is 0 Å². The second-order valence-corrected chi connectivity index (χ2v) is 7.08. The summed E-state index contributed by atoms with van der Waals surface area (Å²) < 4.78 is 74.7. The van der Waals surface area contributed by atoms with Crippen LogP contribution in [0.1, 0.15) is 5.56 Å². The summed E-state index contributed by atoms with van der Waals surface area (Å²) in [5.74, 6) is -0.455. The van der Waals surface area contributed by atoms with Crippen molar-refractivity contribution in [1.29, 1.82) is 0 Å². The molecule has 0 saturated carbocycles. The quantitative estimate of drug-likeness (QED) is 0.688. The van der Waals surface area contributed by atoms with Crippen LogP contribution in [0.4, 0.5) is 17.6 Å². The fourth-order valence-electron chi connectivity index (χ4n) is 2.72. The van der Waals surface area contributed by atoms with Gasteiger partial charge in [-0.1, -0.05) is 6.07 Å². The van der Waals surface area contributed by atoms with Gasteiger partial charge < -0.3 is 4.98 Å². The van der Waals surface area contributed by atoms with Crippen LogP contribution in [0.5, 0.6) is 0 Å². The molecule has 132 valence electrons. The van der Waals surface area contributed by atoms with Crippen molar-refractivity contribution >= 4 is 20.9 Å². The Hall–Kier alpha value is -2.39. The normalized spacial score (nSPS) is 12.7. The smallest absolute Gasteiger partial charge is 0.360 e. The van der Waals surface area contributed by atoms with Gasteiger partial charge >= 0.3 is 6.18 Å². The number of rotatable bonds is 3. The molecule has 0 aliphatic rings. The first kappa shape index (κ1) is 17.4. The summed E-state index contributed by atoms with van der Waals surface area (Å²) in [6, 6.07) is 7.54. The molecule has 0 atom stereocenters. The molecule has 3 N–H and O–H groups in total. The molecule has 0 spiro atoms. The molecule has 3 aromatic rings. The van der Waals surface area contributed by atoms with Gasteiger partial charge in [-0.25, -0.2) is 17.9 Å². The van der Waals surface area contributed by atoms with Gasteiger partial charge in [0.15, 0.2) is 0 Å². The molecule has 4 nitrogen and oxygen atoms in total. The molecule has 0 aliphatic heterocycles. The van der Waals surface area contributed by atoms with Crippen molar-refractivity contribution in [2.24, 2.45) is 5.14 Å². The van der Waals surface area contributed by atoms with E-state index in [1.165, 1.54) is 30.5 Å². The Morgan fingerprint density at radius 1 is 1.08 bits per heavy atom. The predicted molar refractivity (Wildman–Crippen MR) is 84.8 cm³/mol. The second-order valence-electron chi connectivity index (χ2n) is 5.55. The van der Waals surface area contributed by atoms with E-state index in [2.05, 4.69) is 4.98 Å². The zero-order valence-corrected chi connectivity index (χ0v) is 13.4. The lowest BCUT2D eigenvalue weighted by Crippen LogP contribution is -2.19. The van der Waals surface area contributed by atoms with Gasteiger partial charge in [0.25, 0.3) is 0 Å². The van der Waals surface area contributed by atoms with Crippen molar-refractivity contribution in [3.63, 3.8) is 0 Å². The zero-order valence-electron chi connectivity index (χ0n) is 12.6.